The van der Waals surface area contributed by atoms with Crippen LogP contribution in [-0.4, -0.2) is 0 Å². The molecular weight excluding hydrogens is 324 g/mol. The summed E-state index contributed by atoms with van der Waals surface area (Å²) in [5, 5.41) is 0. The fourth-order valence-corrected chi connectivity index (χ4v) is 0.969. The van der Waals surface area contributed by atoms with Crippen molar-refractivity contribution in [2.45, 2.75) is 75.7 Å². The Labute approximate surface area is 171 Å². The lowest BCUT2D eigenvalue weighted by Gasteiger charge is -1.89. The Hall–Kier alpha value is -2.98. The summed E-state index contributed by atoms with van der Waals surface area (Å²) in [7, 11) is 0. The van der Waals surface area contributed by atoms with E-state index in [2.05, 4.69) is 98.3 Å². The molecule has 0 radical (unpaired) electrons. The van der Waals surface area contributed by atoms with Crippen LogP contribution in [0.25, 0.3) is 0 Å². The third kappa shape index (κ3) is 45.1. The van der Waals surface area contributed by atoms with Crippen molar-refractivity contribution < 1.29 is 0 Å². The minimum Gasteiger partial charge on any atom is -0.106 e. The monoisotopic (exact) mass is 362 g/mol. The molecule has 1 rings (SSSR count). The highest BCUT2D eigenvalue weighted by atomic mass is 13.9. The van der Waals surface area contributed by atoms with Crippen LogP contribution in [0.15, 0.2) is 30.3 Å². The van der Waals surface area contributed by atoms with Crippen LogP contribution in [0.3, 0.4) is 0 Å². The largest absolute Gasteiger partial charge is 0.106 e. The van der Waals surface area contributed by atoms with Gasteiger partial charge in [0.25, 0.3) is 0 Å². The van der Waals surface area contributed by atoms with Crippen molar-refractivity contribution in [1.29, 1.82) is 0 Å². The summed E-state index contributed by atoms with van der Waals surface area (Å²) in [4.78, 5) is 0. The molecule has 0 aliphatic carbocycles. The van der Waals surface area contributed by atoms with Crippen LogP contribution in [-0.2, 0) is 6.42 Å². The Balaban J connectivity index is -0.0000000887. The molecule has 0 saturated carbocycles. The zero-order valence-electron chi connectivity index (χ0n) is 17.9. The Morgan fingerprint density at radius 2 is 1.07 bits per heavy atom. The highest BCUT2D eigenvalue weighted by Gasteiger charge is 1.79. The lowest BCUT2D eigenvalue weighted by molar-refractivity contribution is 1.09. The van der Waals surface area contributed by atoms with Gasteiger partial charge in [-0.15, -0.1) is 6.42 Å². The second-order valence-electron chi connectivity index (χ2n) is 3.82. The predicted molar refractivity (Wildman–Crippen MR) is 127 cm³/mol. The smallest absolute Gasteiger partial charge is 0.000000534 e. The molecule has 0 aromatic heterocycles. The number of terminal acetylenes is 1. The number of hydrogen-bond donors (Lipinski definition) is 0. The number of rotatable bonds is 1. The molecule has 0 unspecified atom stereocenters. The molecule has 0 spiro atoms. The molecule has 1 aromatic carbocycles. The van der Waals surface area contributed by atoms with Crippen molar-refractivity contribution >= 4 is 0 Å². The zero-order valence-corrected chi connectivity index (χ0v) is 17.9. The maximum absolute atomic E-state index is 4.84. The third-order valence-corrected chi connectivity index (χ3v) is 1.82. The average Bonchev–Trinajstić information content (AvgIpc) is 2.72. The Morgan fingerprint density at radius 1 is 0.704 bits per heavy atom. The van der Waals surface area contributed by atoms with E-state index in [0.717, 1.165) is 6.42 Å². The summed E-state index contributed by atoms with van der Waals surface area (Å²) >= 11 is 0. The number of benzene rings is 1. The van der Waals surface area contributed by atoms with Crippen LogP contribution >= 0.6 is 0 Å². The van der Waals surface area contributed by atoms with Crippen molar-refractivity contribution in [3.05, 3.63) is 35.9 Å². The summed E-state index contributed by atoms with van der Waals surface area (Å²) in [6.45, 7) is 16.1. The standard InChI is InChI=1S/C11H4.C8H10.C3H8.2C2H6.CH4/c1-3-5-7-9-11-10-8-6-4-2;1-2-8-6-4-3-5-7-8;1-3-2;2*1-2;/h1H,2H3;3-7H,2H2,1H3;3H2,1-2H3;2*1-2H3;1H4. The maximum atomic E-state index is 4.84. The Morgan fingerprint density at radius 3 is 1.37 bits per heavy atom. The summed E-state index contributed by atoms with van der Waals surface area (Å²) in [5.74, 6) is 22.0. The van der Waals surface area contributed by atoms with Crippen LogP contribution in [0.1, 0.15) is 74.8 Å². The van der Waals surface area contributed by atoms with Gasteiger partial charge in [0.2, 0.25) is 0 Å². The molecule has 0 heteroatoms. The van der Waals surface area contributed by atoms with Gasteiger partial charge in [-0.1, -0.05) is 98.6 Å². The van der Waals surface area contributed by atoms with E-state index in [1.165, 1.54) is 12.0 Å². The molecule has 0 atom stereocenters. The van der Waals surface area contributed by atoms with Gasteiger partial charge >= 0.3 is 0 Å². The van der Waals surface area contributed by atoms with Gasteiger partial charge in [0, 0.05) is 0 Å². The van der Waals surface area contributed by atoms with E-state index in [0.29, 0.717) is 0 Å². The molecule has 0 saturated heterocycles. The topological polar surface area (TPSA) is 0 Å². The van der Waals surface area contributed by atoms with Gasteiger partial charge in [0.15, 0.2) is 0 Å². The van der Waals surface area contributed by atoms with E-state index in [9.17, 15) is 0 Å². The minimum absolute atomic E-state index is 0. The predicted octanol–water partition coefficient (Wildman–Crippen LogP) is 7.01. The molecule has 146 valence electrons. The summed E-state index contributed by atoms with van der Waals surface area (Å²) in [5.41, 5.74) is 1.41. The van der Waals surface area contributed by atoms with Crippen molar-refractivity contribution in [1.82, 2.24) is 0 Å². The lowest BCUT2D eigenvalue weighted by Crippen LogP contribution is -1.73. The fourth-order valence-electron chi connectivity index (χ4n) is 0.969. The maximum Gasteiger partial charge on any atom is -0.000000534 e. The molecule has 0 aliphatic heterocycles. The highest BCUT2D eigenvalue weighted by Crippen LogP contribution is 1.96. The van der Waals surface area contributed by atoms with Gasteiger partial charge in [0.05, 0.1) is 0 Å². The van der Waals surface area contributed by atoms with Crippen LogP contribution in [0.5, 0.6) is 0 Å². The van der Waals surface area contributed by atoms with E-state index in [4.69, 9.17) is 6.42 Å². The van der Waals surface area contributed by atoms with Gasteiger partial charge in [-0.2, -0.15) is 0 Å². The van der Waals surface area contributed by atoms with Gasteiger partial charge in [-0.25, -0.2) is 0 Å². The first-order valence-electron chi connectivity index (χ1n) is 9.17. The Bertz CT molecular complexity index is 654. The first kappa shape index (κ1) is 35.2. The molecule has 1 aromatic rings. The van der Waals surface area contributed by atoms with Crippen LogP contribution in [0, 0.1) is 59.7 Å². The number of aryl methyl sites for hydroxylation is 1. The van der Waals surface area contributed by atoms with E-state index in [-0.39, 0.29) is 7.43 Å². The van der Waals surface area contributed by atoms with E-state index < -0.39 is 0 Å². The van der Waals surface area contributed by atoms with E-state index >= 15 is 0 Å². The molecule has 0 amide bonds. The number of hydrogen-bond acceptors (Lipinski definition) is 0. The molecule has 0 N–H and O–H groups in total. The average molecular weight is 363 g/mol. The molecule has 0 bridgehead atoms. The van der Waals surface area contributed by atoms with Crippen LogP contribution in [0.4, 0.5) is 0 Å². The molecule has 0 fully saturated rings. The van der Waals surface area contributed by atoms with Crippen LogP contribution < -0.4 is 0 Å². The SMILES string of the molecule is C.C#CC#CC#CC#CC#CC.CC.CC.CCC.CCc1ccccc1. The Kier molecular flexibility index (Phi) is 56.7. The third-order valence-electron chi connectivity index (χ3n) is 1.82. The van der Waals surface area contributed by atoms with Gasteiger partial charge in [0.1, 0.15) is 0 Å². The van der Waals surface area contributed by atoms with Crippen molar-refractivity contribution in [2.24, 2.45) is 0 Å². The van der Waals surface area contributed by atoms with Crippen molar-refractivity contribution in [3.8, 4) is 59.7 Å². The summed E-state index contributed by atoms with van der Waals surface area (Å²) in [6, 6.07) is 10.5. The normalized spacial score (nSPS) is 5.30. The highest BCUT2D eigenvalue weighted by molar-refractivity contribution is 5.41. The van der Waals surface area contributed by atoms with E-state index in [1.54, 1.807) is 6.92 Å². The van der Waals surface area contributed by atoms with Crippen molar-refractivity contribution in [3.63, 3.8) is 0 Å². The summed E-state index contributed by atoms with van der Waals surface area (Å²) < 4.78 is 0. The van der Waals surface area contributed by atoms with Crippen LogP contribution in [0.2, 0.25) is 0 Å². The van der Waals surface area contributed by atoms with Gasteiger partial charge in [-0.05, 0) is 66.3 Å². The molecular formula is C27H38. The molecule has 0 heterocycles. The minimum atomic E-state index is 0. The fraction of sp³-hybridized carbons (Fsp3) is 0.407. The second-order valence-corrected chi connectivity index (χ2v) is 3.82. The van der Waals surface area contributed by atoms with E-state index in [1.807, 2.05) is 33.8 Å². The first-order valence-corrected chi connectivity index (χ1v) is 9.17. The van der Waals surface area contributed by atoms with Gasteiger partial charge < -0.3 is 0 Å². The zero-order chi connectivity index (χ0) is 20.9. The quantitative estimate of drug-likeness (QED) is 0.471. The molecule has 0 nitrogen and oxygen atoms in total. The molecule has 0 aliphatic rings. The molecule has 27 heavy (non-hydrogen) atoms. The van der Waals surface area contributed by atoms with Crippen molar-refractivity contribution in [2.75, 3.05) is 0 Å². The second kappa shape index (κ2) is 43.5. The summed E-state index contributed by atoms with van der Waals surface area (Å²) in [6.07, 6.45) is 7.23. The lowest BCUT2D eigenvalue weighted by atomic mass is 10.2. The first-order chi connectivity index (χ1) is 12.8. The van der Waals surface area contributed by atoms with Gasteiger partial charge in [-0.3, -0.25) is 0 Å².